The molecule has 2 heterocycles. The van der Waals surface area contributed by atoms with Crippen LogP contribution in [0, 0.1) is 6.92 Å². The Morgan fingerprint density at radius 2 is 2.14 bits per heavy atom. The van der Waals surface area contributed by atoms with E-state index >= 15 is 0 Å². The van der Waals surface area contributed by atoms with Crippen molar-refractivity contribution in [3.8, 4) is 11.3 Å². The maximum absolute atomic E-state index is 11.8. The SMILES string of the molecule is CC(=O)N1CCCc2ccc(-c3noc(C(=O)O)c3C)cc21. The molecular formula is C16H16N2O4. The zero-order valence-electron chi connectivity index (χ0n) is 12.4. The number of rotatable bonds is 2. The molecule has 0 aliphatic carbocycles. The zero-order valence-corrected chi connectivity index (χ0v) is 12.4. The summed E-state index contributed by atoms with van der Waals surface area (Å²) in [5, 5.41) is 12.9. The minimum atomic E-state index is -1.14. The Kier molecular flexibility index (Phi) is 3.44. The highest BCUT2D eigenvalue weighted by Gasteiger charge is 2.23. The van der Waals surface area contributed by atoms with Crippen molar-refractivity contribution in [2.75, 3.05) is 11.4 Å². The number of nitrogens with zero attached hydrogens (tertiary/aromatic N) is 2. The van der Waals surface area contributed by atoms with Gasteiger partial charge in [-0.3, -0.25) is 4.79 Å². The van der Waals surface area contributed by atoms with Gasteiger partial charge in [0.05, 0.1) is 0 Å². The van der Waals surface area contributed by atoms with Crippen molar-refractivity contribution in [3.63, 3.8) is 0 Å². The minimum absolute atomic E-state index is 0.00111. The highest BCUT2D eigenvalue weighted by Crippen LogP contribution is 2.33. The third-order valence-corrected chi connectivity index (χ3v) is 3.98. The number of amides is 1. The average Bonchev–Trinajstić information content (AvgIpc) is 2.87. The molecule has 0 spiro atoms. The molecule has 0 radical (unpaired) electrons. The molecule has 0 saturated heterocycles. The lowest BCUT2D eigenvalue weighted by Gasteiger charge is -2.29. The summed E-state index contributed by atoms with van der Waals surface area (Å²) in [7, 11) is 0. The molecule has 1 N–H and O–H groups in total. The van der Waals surface area contributed by atoms with Crippen LogP contribution >= 0.6 is 0 Å². The second-order valence-electron chi connectivity index (χ2n) is 5.41. The van der Waals surface area contributed by atoms with Crippen LogP contribution in [0.5, 0.6) is 0 Å². The number of hydrogen-bond donors (Lipinski definition) is 1. The second kappa shape index (κ2) is 5.29. The number of aromatic nitrogens is 1. The van der Waals surface area contributed by atoms with E-state index in [1.54, 1.807) is 18.7 Å². The van der Waals surface area contributed by atoms with Crippen LogP contribution in [0.15, 0.2) is 22.7 Å². The Labute approximate surface area is 127 Å². The molecule has 1 aliphatic rings. The van der Waals surface area contributed by atoms with Crippen molar-refractivity contribution in [2.45, 2.75) is 26.7 Å². The first-order valence-electron chi connectivity index (χ1n) is 7.10. The summed E-state index contributed by atoms with van der Waals surface area (Å²) in [6.45, 7) is 3.91. The molecule has 6 nitrogen and oxygen atoms in total. The van der Waals surface area contributed by atoms with Crippen LogP contribution in [-0.4, -0.2) is 28.7 Å². The predicted molar refractivity (Wildman–Crippen MR) is 80.0 cm³/mol. The topological polar surface area (TPSA) is 83.6 Å². The first-order valence-corrected chi connectivity index (χ1v) is 7.10. The van der Waals surface area contributed by atoms with Gasteiger partial charge in [-0.2, -0.15) is 0 Å². The minimum Gasteiger partial charge on any atom is -0.475 e. The van der Waals surface area contributed by atoms with Crippen molar-refractivity contribution in [1.82, 2.24) is 5.16 Å². The summed E-state index contributed by atoms with van der Waals surface area (Å²) in [5.74, 6) is -1.29. The van der Waals surface area contributed by atoms with Crippen LogP contribution in [0.1, 0.15) is 35.0 Å². The molecule has 114 valence electrons. The number of benzene rings is 1. The van der Waals surface area contributed by atoms with E-state index in [1.807, 2.05) is 18.2 Å². The first-order chi connectivity index (χ1) is 10.5. The van der Waals surface area contributed by atoms with E-state index in [1.165, 1.54) is 0 Å². The van der Waals surface area contributed by atoms with E-state index in [0.717, 1.165) is 29.7 Å². The van der Waals surface area contributed by atoms with Crippen LogP contribution in [0.4, 0.5) is 5.69 Å². The van der Waals surface area contributed by atoms with Crippen LogP contribution in [0.3, 0.4) is 0 Å². The Hall–Kier alpha value is -2.63. The summed E-state index contributed by atoms with van der Waals surface area (Å²) in [6, 6.07) is 5.74. The number of hydrogen-bond acceptors (Lipinski definition) is 4. The van der Waals surface area contributed by atoms with E-state index in [0.29, 0.717) is 17.8 Å². The summed E-state index contributed by atoms with van der Waals surface area (Å²) in [4.78, 5) is 24.6. The van der Waals surface area contributed by atoms with E-state index in [9.17, 15) is 9.59 Å². The molecule has 1 aliphatic heterocycles. The van der Waals surface area contributed by atoms with Gasteiger partial charge >= 0.3 is 5.97 Å². The fraction of sp³-hybridized carbons (Fsp3) is 0.312. The maximum atomic E-state index is 11.8. The maximum Gasteiger partial charge on any atom is 0.375 e. The quantitative estimate of drug-likeness (QED) is 0.921. The third kappa shape index (κ3) is 2.26. The molecule has 2 aromatic rings. The summed E-state index contributed by atoms with van der Waals surface area (Å²) < 4.78 is 4.90. The highest BCUT2D eigenvalue weighted by molar-refractivity contribution is 5.94. The fourth-order valence-electron chi connectivity index (χ4n) is 2.85. The molecule has 6 heteroatoms. The molecule has 1 aromatic heterocycles. The van der Waals surface area contributed by atoms with Gasteiger partial charge in [0.15, 0.2) is 0 Å². The lowest BCUT2D eigenvalue weighted by molar-refractivity contribution is -0.116. The van der Waals surface area contributed by atoms with Crippen LogP contribution in [-0.2, 0) is 11.2 Å². The van der Waals surface area contributed by atoms with Crippen molar-refractivity contribution in [3.05, 3.63) is 35.1 Å². The highest BCUT2D eigenvalue weighted by atomic mass is 16.5. The molecule has 3 rings (SSSR count). The Morgan fingerprint density at radius 3 is 2.77 bits per heavy atom. The number of aryl methyl sites for hydroxylation is 1. The summed E-state index contributed by atoms with van der Waals surface area (Å²) in [5.41, 5.74) is 3.72. The predicted octanol–water partition coefficient (Wildman–Crippen LogP) is 2.65. The fourth-order valence-corrected chi connectivity index (χ4v) is 2.85. The van der Waals surface area contributed by atoms with Gasteiger partial charge in [0.2, 0.25) is 11.7 Å². The molecule has 1 aromatic carbocycles. The lowest BCUT2D eigenvalue weighted by Crippen LogP contribution is -2.33. The number of carbonyl (C=O) groups is 2. The standard InChI is InChI=1S/C16H16N2O4/c1-9-14(17-22-15(9)16(20)21)12-6-5-11-4-3-7-18(10(2)19)13(11)8-12/h5-6,8H,3-4,7H2,1-2H3,(H,20,21). The molecular weight excluding hydrogens is 284 g/mol. The Morgan fingerprint density at radius 1 is 1.36 bits per heavy atom. The van der Waals surface area contributed by atoms with Crippen molar-refractivity contribution in [2.24, 2.45) is 0 Å². The number of carboxylic acids is 1. The Bertz CT molecular complexity index is 764. The smallest absolute Gasteiger partial charge is 0.375 e. The van der Waals surface area contributed by atoms with Gasteiger partial charge in [-0.25, -0.2) is 4.79 Å². The largest absolute Gasteiger partial charge is 0.475 e. The van der Waals surface area contributed by atoms with Crippen molar-refractivity contribution >= 4 is 17.6 Å². The van der Waals surface area contributed by atoms with E-state index in [4.69, 9.17) is 9.63 Å². The van der Waals surface area contributed by atoms with Crippen molar-refractivity contribution < 1.29 is 19.2 Å². The monoisotopic (exact) mass is 300 g/mol. The number of anilines is 1. The first kappa shape index (κ1) is 14.3. The van der Waals surface area contributed by atoms with Gasteiger partial charge < -0.3 is 14.5 Å². The van der Waals surface area contributed by atoms with Gasteiger partial charge in [0, 0.05) is 30.3 Å². The third-order valence-electron chi connectivity index (χ3n) is 3.98. The van der Waals surface area contributed by atoms with Crippen LogP contribution in [0.2, 0.25) is 0 Å². The van der Waals surface area contributed by atoms with Gasteiger partial charge in [-0.05, 0) is 31.4 Å². The molecule has 0 bridgehead atoms. The Balaban J connectivity index is 2.08. The molecule has 22 heavy (non-hydrogen) atoms. The molecule has 0 unspecified atom stereocenters. The average molecular weight is 300 g/mol. The number of carboxylic acid groups (broad SMARTS) is 1. The van der Waals surface area contributed by atoms with E-state index in [-0.39, 0.29) is 11.7 Å². The zero-order chi connectivity index (χ0) is 15.9. The molecule has 0 atom stereocenters. The van der Waals surface area contributed by atoms with Gasteiger partial charge in [0.1, 0.15) is 5.69 Å². The summed E-state index contributed by atoms with van der Waals surface area (Å²) in [6.07, 6.45) is 1.87. The van der Waals surface area contributed by atoms with E-state index in [2.05, 4.69) is 5.16 Å². The van der Waals surface area contributed by atoms with Gasteiger partial charge in [0.25, 0.3) is 0 Å². The van der Waals surface area contributed by atoms with Crippen molar-refractivity contribution in [1.29, 1.82) is 0 Å². The molecule has 0 fully saturated rings. The van der Waals surface area contributed by atoms with Crippen LogP contribution < -0.4 is 4.90 Å². The second-order valence-corrected chi connectivity index (χ2v) is 5.41. The number of aromatic carboxylic acids is 1. The van der Waals surface area contributed by atoms with Crippen LogP contribution in [0.25, 0.3) is 11.3 Å². The van der Waals surface area contributed by atoms with Gasteiger partial charge in [-0.15, -0.1) is 0 Å². The lowest BCUT2D eigenvalue weighted by atomic mass is 9.97. The molecule has 1 amide bonds. The molecule has 0 saturated carbocycles. The van der Waals surface area contributed by atoms with Gasteiger partial charge in [-0.1, -0.05) is 17.3 Å². The van der Waals surface area contributed by atoms with E-state index < -0.39 is 5.97 Å². The normalized spacial score (nSPS) is 13.8. The number of fused-ring (bicyclic) bond motifs is 1. The summed E-state index contributed by atoms with van der Waals surface area (Å²) >= 11 is 0. The number of carbonyl (C=O) groups excluding carboxylic acids is 1.